The zero-order valence-corrected chi connectivity index (χ0v) is 13.6. The van der Waals surface area contributed by atoms with Crippen LogP contribution in [0.2, 0.25) is 0 Å². The highest BCUT2D eigenvalue weighted by atomic mass is 16.5. The van der Waals surface area contributed by atoms with Crippen LogP contribution in [0.15, 0.2) is 34.9 Å². The Bertz CT molecular complexity index is 618. The van der Waals surface area contributed by atoms with Gasteiger partial charge in [-0.1, -0.05) is 23.4 Å². The third-order valence-corrected chi connectivity index (χ3v) is 4.48. The molecule has 1 aromatic carbocycles. The third-order valence-electron chi connectivity index (χ3n) is 4.48. The minimum absolute atomic E-state index is 0.0130. The van der Waals surface area contributed by atoms with E-state index in [0.29, 0.717) is 5.89 Å². The predicted octanol–water partition coefficient (Wildman–Crippen LogP) is 1.40. The molecule has 0 atom stereocenters. The van der Waals surface area contributed by atoms with Gasteiger partial charge in [-0.3, -0.25) is 9.80 Å². The largest absolute Gasteiger partial charge is 0.379 e. The van der Waals surface area contributed by atoms with Gasteiger partial charge >= 0.3 is 0 Å². The molecule has 2 fully saturated rings. The van der Waals surface area contributed by atoms with E-state index in [1.165, 1.54) is 0 Å². The summed E-state index contributed by atoms with van der Waals surface area (Å²) in [5, 5.41) is 4.29. The van der Waals surface area contributed by atoms with Crippen LogP contribution in [0.25, 0.3) is 11.5 Å². The van der Waals surface area contributed by atoms with Crippen molar-refractivity contribution < 1.29 is 14.0 Å². The normalized spacial score (nSPS) is 20.5. The zero-order chi connectivity index (χ0) is 16.2. The molecule has 0 bridgehead atoms. The van der Waals surface area contributed by atoms with Gasteiger partial charge in [-0.2, -0.15) is 4.98 Å². The maximum Gasteiger partial charge on any atom is 0.258 e. The van der Waals surface area contributed by atoms with E-state index in [1.54, 1.807) is 0 Å². The van der Waals surface area contributed by atoms with Gasteiger partial charge in [-0.15, -0.1) is 0 Å². The molecule has 4 rings (SSSR count). The third kappa shape index (κ3) is 3.34. The Morgan fingerprint density at radius 2 is 1.42 bits per heavy atom. The predicted molar refractivity (Wildman–Crippen MR) is 87.3 cm³/mol. The van der Waals surface area contributed by atoms with E-state index in [4.69, 9.17) is 14.0 Å². The van der Waals surface area contributed by atoms with Crippen LogP contribution in [-0.2, 0) is 9.47 Å². The number of hydrogen-bond donors (Lipinski definition) is 0. The van der Waals surface area contributed by atoms with E-state index < -0.39 is 0 Å². The molecule has 128 valence electrons. The first-order valence-electron chi connectivity index (χ1n) is 8.44. The smallest absolute Gasteiger partial charge is 0.258 e. The molecule has 0 spiro atoms. The van der Waals surface area contributed by atoms with Gasteiger partial charge in [-0.05, 0) is 12.1 Å². The molecule has 2 aromatic rings. The topological polar surface area (TPSA) is 63.9 Å². The highest BCUT2D eigenvalue weighted by Gasteiger charge is 2.33. The van der Waals surface area contributed by atoms with Crippen molar-refractivity contribution in [3.8, 4) is 11.5 Å². The summed E-state index contributed by atoms with van der Waals surface area (Å²) in [4.78, 5) is 9.43. The fourth-order valence-electron chi connectivity index (χ4n) is 3.24. The Kier molecular flexibility index (Phi) is 4.84. The molecule has 3 heterocycles. The minimum Gasteiger partial charge on any atom is -0.379 e. The van der Waals surface area contributed by atoms with Crippen LogP contribution < -0.4 is 0 Å². The molecular formula is C17H22N4O3. The first kappa shape index (κ1) is 15.7. The van der Waals surface area contributed by atoms with E-state index in [0.717, 1.165) is 64.0 Å². The van der Waals surface area contributed by atoms with Crippen molar-refractivity contribution in [3.63, 3.8) is 0 Å². The summed E-state index contributed by atoms with van der Waals surface area (Å²) in [5.74, 6) is 1.29. The number of benzene rings is 1. The molecule has 2 aliphatic heterocycles. The van der Waals surface area contributed by atoms with Crippen LogP contribution in [0, 0.1) is 0 Å². The van der Waals surface area contributed by atoms with Crippen molar-refractivity contribution >= 4 is 0 Å². The van der Waals surface area contributed by atoms with Gasteiger partial charge in [-0.25, -0.2) is 0 Å². The maximum absolute atomic E-state index is 5.54. The average Bonchev–Trinajstić information content (AvgIpc) is 3.14. The Labute approximate surface area is 141 Å². The maximum atomic E-state index is 5.54. The molecule has 0 unspecified atom stereocenters. The second kappa shape index (κ2) is 7.40. The summed E-state index contributed by atoms with van der Waals surface area (Å²) < 4.78 is 16.5. The standard InChI is InChI=1S/C17H22N4O3/c1-2-4-14(5-3-1)16-18-15(19-24-16)17(20-6-10-22-11-7-20)21-8-12-23-13-9-21/h1-5,17H,6-13H2. The van der Waals surface area contributed by atoms with Crippen LogP contribution in [0.4, 0.5) is 0 Å². The van der Waals surface area contributed by atoms with Crippen LogP contribution in [-0.4, -0.2) is 72.5 Å². The lowest BCUT2D eigenvalue weighted by atomic mass is 10.2. The van der Waals surface area contributed by atoms with Crippen molar-refractivity contribution in [1.82, 2.24) is 19.9 Å². The molecule has 2 saturated heterocycles. The highest BCUT2D eigenvalue weighted by molar-refractivity contribution is 5.52. The fourth-order valence-corrected chi connectivity index (χ4v) is 3.24. The van der Waals surface area contributed by atoms with Gasteiger partial charge in [0.05, 0.1) is 26.4 Å². The summed E-state index contributed by atoms with van der Waals surface area (Å²) in [5.41, 5.74) is 0.943. The monoisotopic (exact) mass is 330 g/mol. The lowest BCUT2D eigenvalue weighted by Crippen LogP contribution is -2.50. The number of hydrogen-bond acceptors (Lipinski definition) is 7. The van der Waals surface area contributed by atoms with Gasteiger partial charge in [0.25, 0.3) is 5.89 Å². The fraction of sp³-hybridized carbons (Fsp3) is 0.529. The molecule has 0 amide bonds. The average molecular weight is 330 g/mol. The second-order valence-electron chi connectivity index (χ2n) is 5.99. The molecule has 0 radical (unpaired) electrons. The molecule has 7 heteroatoms. The Morgan fingerprint density at radius 3 is 2.00 bits per heavy atom. The summed E-state index contributed by atoms with van der Waals surface area (Å²) >= 11 is 0. The summed E-state index contributed by atoms with van der Waals surface area (Å²) in [6.07, 6.45) is 0.0130. The van der Waals surface area contributed by atoms with Gasteiger partial charge in [0.15, 0.2) is 0 Å². The van der Waals surface area contributed by atoms with Crippen LogP contribution >= 0.6 is 0 Å². The SMILES string of the molecule is c1ccc(-c2nc(C(N3CCOCC3)N3CCOCC3)no2)cc1. The molecule has 0 N–H and O–H groups in total. The first-order chi connectivity index (χ1) is 11.9. The Hall–Kier alpha value is -1.80. The van der Waals surface area contributed by atoms with Gasteiger partial charge < -0.3 is 14.0 Å². The van der Waals surface area contributed by atoms with E-state index in [2.05, 4.69) is 19.9 Å². The van der Waals surface area contributed by atoms with E-state index >= 15 is 0 Å². The molecule has 0 saturated carbocycles. The van der Waals surface area contributed by atoms with E-state index in [1.807, 2.05) is 30.3 Å². The minimum atomic E-state index is 0.0130. The van der Waals surface area contributed by atoms with Gasteiger partial charge in [0.2, 0.25) is 5.82 Å². The van der Waals surface area contributed by atoms with Crippen molar-refractivity contribution in [2.24, 2.45) is 0 Å². The number of morpholine rings is 2. The number of ether oxygens (including phenoxy) is 2. The lowest BCUT2D eigenvalue weighted by Gasteiger charge is -2.40. The van der Waals surface area contributed by atoms with E-state index in [-0.39, 0.29) is 6.17 Å². The van der Waals surface area contributed by atoms with Gasteiger partial charge in [0, 0.05) is 31.7 Å². The highest BCUT2D eigenvalue weighted by Crippen LogP contribution is 2.27. The second-order valence-corrected chi connectivity index (χ2v) is 5.99. The van der Waals surface area contributed by atoms with Crippen molar-refractivity contribution in [2.45, 2.75) is 6.17 Å². The van der Waals surface area contributed by atoms with Crippen molar-refractivity contribution in [1.29, 1.82) is 0 Å². The van der Waals surface area contributed by atoms with Crippen LogP contribution in [0.3, 0.4) is 0 Å². The summed E-state index contributed by atoms with van der Waals surface area (Å²) in [6, 6.07) is 9.89. The summed E-state index contributed by atoms with van der Waals surface area (Å²) in [6.45, 7) is 6.45. The van der Waals surface area contributed by atoms with Gasteiger partial charge in [0.1, 0.15) is 6.17 Å². The van der Waals surface area contributed by atoms with Crippen LogP contribution in [0.5, 0.6) is 0 Å². The number of rotatable bonds is 4. The van der Waals surface area contributed by atoms with Crippen molar-refractivity contribution in [3.05, 3.63) is 36.2 Å². The van der Waals surface area contributed by atoms with Crippen LogP contribution in [0.1, 0.15) is 12.0 Å². The molecule has 1 aromatic heterocycles. The summed E-state index contributed by atoms with van der Waals surface area (Å²) in [7, 11) is 0. The molecule has 2 aliphatic rings. The lowest BCUT2D eigenvalue weighted by molar-refractivity contribution is -0.0711. The molecule has 7 nitrogen and oxygen atoms in total. The molecule has 0 aliphatic carbocycles. The van der Waals surface area contributed by atoms with E-state index in [9.17, 15) is 0 Å². The molecule has 24 heavy (non-hydrogen) atoms. The molecular weight excluding hydrogens is 308 g/mol. The first-order valence-corrected chi connectivity index (χ1v) is 8.44. The number of nitrogens with zero attached hydrogens (tertiary/aromatic N) is 4. The zero-order valence-electron chi connectivity index (χ0n) is 13.6. The Morgan fingerprint density at radius 1 is 0.833 bits per heavy atom. The number of aromatic nitrogens is 2. The quantitative estimate of drug-likeness (QED) is 0.839. The Balaban J connectivity index is 1.61. The van der Waals surface area contributed by atoms with Crippen molar-refractivity contribution in [2.75, 3.05) is 52.6 Å².